The quantitative estimate of drug-likeness (QED) is 0.364. The van der Waals surface area contributed by atoms with Crippen molar-refractivity contribution >= 4 is 45.5 Å². The van der Waals surface area contributed by atoms with Gasteiger partial charge in [-0.3, -0.25) is 14.9 Å². The van der Waals surface area contributed by atoms with E-state index < -0.39 is 17.8 Å². The van der Waals surface area contributed by atoms with Crippen molar-refractivity contribution in [3.63, 3.8) is 0 Å². The third kappa shape index (κ3) is 4.87. The second kappa shape index (κ2) is 9.93. The number of benzene rings is 3. The first-order valence-corrected chi connectivity index (χ1v) is 11.2. The molecule has 172 valence electrons. The molecule has 1 N–H and O–H groups in total. The molecule has 1 fully saturated rings. The van der Waals surface area contributed by atoms with Crippen molar-refractivity contribution < 1.29 is 23.9 Å². The van der Waals surface area contributed by atoms with Crippen LogP contribution in [0.25, 0.3) is 6.08 Å². The molecule has 0 spiro atoms. The zero-order valence-electron chi connectivity index (χ0n) is 18.5. The Morgan fingerprint density at radius 2 is 1.71 bits per heavy atom. The number of hydrogen-bond donors (Lipinski definition) is 1. The van der Waals surface area contributed by atoms with E-state index in [1.165, 1.54) is 13.2 Å². The number of methoxy groups -OCH3 is 1. The van der Waals surface area contributed by atoms with Crippen molar-refractivity contribution in [1.82, 2.24) is 5.32 Å². The first-order chi connectivity index (χ1) is 16.4. The molecule has 0 unspecified atom stereocenters. The number of carbonyl (C=O) groups is 3. The lowest BCUT2D eigenvalue weighted by Gasteiger charge is -2.26. The van der Waals surface area contributed by atoms with Crippen LogP contribution in [0.2, 0.25) is 0 Å². The maximum atomic E-state index is 13.1. The van der Waals surface area contributed by atoms with Crippen molar-refractivity contribution in [2.24, 2.45) is 0 Å². The molecule has 1 saturated heterocycles. The van der Waals surface area contributed by atoms with E-state index in [9.17, 15) is 14.4 Å². The minimum atomic E-state index is -0.792. The summed E-state index contributed by atoms with van der Waals surface area (Å²) in [6.07, 6.45) is 1.42. The van der Waals surface area contributed by atoms with E-state index >= 15 is 0 Å². The number of aryl methyl sites for hydroxylation is 1. The molecule has 0 atom stereocenters. The van der Waals surface area contributed by atoms with Crippen LogP contribution in [0.5, 0.6) is 11.5 Å². The highest BCUT2D eigenvalue weighted by molar-refractivity contribution is 9.10. The van der Waals surface area contributed by atoms with Crippen molar-refractivity contribution in [3.05, 3.63) is 93.5 Å². The molecule has 3 aromatic carbocycles. The van der Waals surface area contributed by atoms with Crippen LogP contribution in [0.15, 0.2) is 76.8 Å². The molecule has 1 aliphatic rings. The van der Waals surface area contributed by atoms with Gasteiger partial charge in [-0.05, 0) is 64.3 Å². The Hall–Kier alpha value is -3.91. The smallest absolute Gasteiger partial charge is 0.335 e. The van der Waals surface area contributed by atoms with Gasteiger partial charge in [-0.25, -0.2) is 9.69 Å². The Labute approximate surface area is 205 Å². The Bertz CT molecular complexity index is 1290. The molecular formula is C26H21BrN2O5. The predicted octanol–water partition coefficient (Wildman–Crippen LogP) is 5.01. The van der Waals surface area contributed by atoms with Crippen molar-refractivity contribution in [3.8, 4) is 11.5 Å². The number of halogens is 1. The van der Waals surface area contributed by atoms with Crippen molar-refractivity contribution in [2.75, 3.05) is 12.0 Å². The summed E-state index contributed by atoms with van der Waals surface area (Å²) >= 11 is 3.49. The van der Waals surface area contributed by atoms with Crippen LogP contribution < -0.4 is 19.7 Å². The number of urea groups is 1. The summed E-state index contributed by atoms with van der Waals surface area (Å²) in [5, 5.41) is 2.23. The van der Waals surface area contributed by atoms with E-state index in [2.05, 4.69) is 21.2 Å². The van der Waals surface area contributed by atoms with Crippen LogP contribution in [0, 0.1) is 6.92 Å². The highest BCUT2D eigenvalue weighted by Crippen LogP contribution is 2.38. The van der Waals surface area contributed by atoms with Crippen molar-refractivity contribution in [1.29, 1.82) is 0 Å². The van der Waals surface area contributed by atoms with Crippen LogP contribution >= 0.6 is 15.9 Å². The number of anilines is 1. The summed E-state index contributed by atoms with van der Waals surface area (Å²) in [5.74, 6) is -0.563. The molecule has 0 saturated carbocycles. The molecule has 4 amide bonds. The van der Waals surface area contributed by atoms with E-state index in [1.54, 1.807) is 36.4 Å². The third-order valence-corrected chi connectivity index (χ3v) is 5.77. The molecular weight excluding hydrogens is 500 g/mol. The zero-order chi connectivity index (χ0) is 24.2. The lowest BCUT2D eigenvalue weighted by molar-refractivity contribution is -0.122. The van der Waals surface area contributed by atoms with Gasteiger partial charge in [0.1, 0.15) is 12.2 Å². The summed E-state index contributed by atoms with van der Waals surface area (Å²) in [5.41, 5.74) is 2.69. The van der Waals surface area contributed by atoms with E-state index in [0.717, 1.165) is 16.0 Å². The average molecular weight is 521 g/mol. The summed E-state index contributed by atoms with van der Waals surface area (Å²) in [6.45, 7) is 2.24. The fourth-order valence-electron chi connectivity index (χ4n) is 3.45. The highest BCUT2D eigenvalue weighted by Gasteiger charge is 2.36. The largest absolute Gasteiger partial charge is 0.493 e. The molecule has 0 aromatic heterocycles. The maximum Gasteiger partial charge on any atom is 0.335 e. The lowest BCUT2D eigenvalue weighted by atomic mass is 10.1. The number of rotatable bonds is 6. The third-order valence-electron chi connectivity index (χ3n) is 5.18. The normalized spacial score (nSPS) is 14.9. The SMILES string of the molecule is COc1cc(/C=C2\C(=O)NC(=O)N(c3ccc(C)cc3)C2=O)cc(Br)c1OCc1ccccc1. The van der Waals surface area contributed by atoms with Gasteiger partial charge in [0.25, 0.3) is 11.8 Å². The minimum absolute atomic E-state index is 0.174. The molecule has 1 heterocycles. The van der Waals surface area contributed by atoms with Gasteiger partial charge in [-0.15, -0.1) is 0 Å². The van der Waals surface area contributed by atoms with Gasteiger partial charge in [0, 0.05) is 0 Å². The number of carbonyl (C=O) groups excluding carboxylic acids is 3. The van der Waals surface area contributed by atoms with Crippen LogP contribution in [0.3, 0.4) is 0 Å². The Balaban J connectivity index is 1.64. The molecule has 0 radical (unpaired) electrons. The first-order valence-electron chi connectivity index (χ1n) is 10.4. The van der Waals surface area contributed by atoms with E-state index in [1.807, 2.05) is 37.3 Å². The highest BCUT2D eigenvalue weighted by atomic mass is 79.9. The van der Waals surface area contributed by atoms with E-state index in [0.29, 0.717) is 33.8 Å². The van der Waals surface area contributed by atoms with Gasteiger partial charge in [0.05, 0.1) is 17.3 Å². The van der Waals surface area contributed by atoms with Gasteiger partial charge < -0.3 is 9.47 Å². The van der Waals surface area contributed by atoms with Gasteiger partial charge >= 0.3 is 6.03 Å². The fraction of sp³-hybridized carbons (Fsp3) is 0.115. The summed E-state index contributed by atoms with van der Waals surface area (Å²) < 4.78 is 12.0. The topological polar surface area (TPSA) is 84.9 Å². The Morgan fingerprint density at radius 1 is 1.00 bits per heavy atom. The molecule has 0 aliphatic carbocycles. The van der Waals surface area contributed by atoms with Crippen LogP contribution in [-0.2, 0) is 16.2 Å². The summed E-state index contributed by atoms with van der Waals surface area (Å²) in [7, 11) is 1.50. The number of nitrogens with zero attached hydrogens (tertiary/aromatic N) is 1. The average Bonchev–Trinajstić information content (AvgIpc) is 2.82. The summed E-state index contributed by atoms with van der Waals surface area (Å²) in [4.78, 5) is 38.9. The molecule has 3 aromatic rings. The monoisotopic (exact) mass is 520 g/mol. The second-order valence-corrected chi connectivity index (χ2v) is 8.46. The second-order valence-electron chi connectivity index (χ2n) is 7.60. The number of amides is 4. The van der Waals surface area contributed by atoms with Gasteiger partial charge in [0.15, 0.2) is 11.5 Å². The molecule has 7 nitrogen and oxygen atoms in total. The zero-order valence-corrected chi connectivity index (χ0v) is 20.1. The molecule has 8 heteroatoms. The summed E-state index contributed by atoms with van der Waals surface area (Å²) in [6, 6.07) is 19.1. The molecule has 0 bridgehead atoms. The van der Waals surface area contributed by atoms with Crippen LogP contribution in [0.4, 0.5) is 10.5 Å². The maximum absolute atomic E-state index is 13.1. The Kier molecular flexibility index (Phi) is 6.79. The van der Waals surface area contributed by atoms with Gasteiger partial charge in [0.2, 0.25) is 0 Å². The standard InChI is InChI=1S/C26H21BrN2O5/c1-16-8-10-19(11-9-16)29-25(31)20(24(30)28-26(29)32)12-18-13-21(27)23(22(14-18)33-2)34-15-17-6-4-3-5-7-17/h3-14H,15H2,1-2H3,(H,28,30,32)/b20-12+. The van der Waals surface area contributed by atoms with Crippen molar-refractivity contribution in [2.45, 2.75) is 13.5 Å². The molecule has 1 aliphatic heterocycles. The van der Waals surface area contributed by atoms with Gasteiger partial charge in [-0.2, -0.15) is 0 Å². The first kappa shape index (κ1) is 23.3. The van der Waals surface area contributed by atoms with Crippen LogP contribution in [0.1, 0.15) is 16.7 Å². The van der Waals surface area contributed by atoms with E-state index in [4.69, 9.17) is 9.47 Å². The number of barbiturate groups is 1. The van der Waals surface area contributed by atoms with E-state index in [-0.39, 0.29) is 5.57 Å². The lowest BCUT2D eigenvalue weighted by Crippen LogP contribution is -2.54. The number of nitrogens with one attached hydrogen (secondary N) is 1. The van der Waals surface area contributed by atoms with Crippen LogP contribution in [-0.4, -0.2) is 25.0 Å². The van der Waals surface area contributed by atoms with Gasteiger partial charge in [-0.1, -0.05) is 48.0 Å². The molecule has 4 rings (SSSR count). The molecule has 34 heavy (non-hydrogen) atoms. The minimum Gasteiger partial charge on any atom is -0.493 e. The predicted molar refractivity (Wildman–Crippen MR) is 132 cm³/mol. The Morgan fingerprint density at radius 3 is 2.38 bits per heavy atom. The number of hydrogen-bond acceptors (Lipinski definition) is 5. The number of ether oxygens (including phenoxy) is 2. The number of imide groups is 2. The fourth-order valence-corrected chi connectivity index (χ4v) is 4.02.